The molecule has 1 aliphatic heterocycles. The number of hydrogen-bond donors (Lipinski definition) is 1. The Bertz CT molecular complexity index is 1400. The number of halogens is 1. The summed E-state index contributed by atoms with van der Waals surface area (Å²) < 4.78 is 22.4. The fourth-order valence-corrected chi connectivity index (χ4v) is 4.37. The van der Waals surface area contributed by atoms with Crippen LogP contribution < -0.4 is 14.8 Å². The lowest BCUT2D eigenvalue weighted by Crippen LogP contribution is -2.33. The van der Waals surface area contributed by atoms with E-state index in [9.17, 15) is 9.59 Å². The van der Waals surface area contributed by atoms with Crippen LogP contribution in [0.1, 0.15) is 12.5 Å². The fourth-order valence-electron chi connectivity index (χ4n) is 4.37. The molecule has 4 aromatic rings. The molecule has 176 valence electrons. The van der Waals surface area contributed by atoms with Crippen LogP contribution in [-0.4, -0.2) is 31.2 Å². The summed E-state index contributed by atoms with van der Waals surface area (Å²) in [7, 11) is 0. The zero-order chi connectivity index (χ0) is 24.4. The maximum Gasteiger partial charge on any atom is 0.414 e. The van der Waals surface area contributed by atoms with E-state index in [4.69, 9.17) is 4.74 Å². The molecule has 1 N–H and O–H groups in total. The van der Waals surface area contributed by atoms with E-state index in [0.29, 0.717) is 17.8 Å². The molecular weight excluding hydrogens is 445 g/mol. The van der Waals surface area contributed by atoms with Crippen molar-refractivity contribution in [1.82, 2.24) is 5.32 Å². The van der Waals surface area contributed by atoms with Crippen molar-refractivity contribution in [2.75, 3.05) is 18.0 Å². The molecule has 2 amide bonds. The molecule has 0 spiro atoms. The van der Waals surface area contributed by atoms with Gasteiger partial charge in [0.25, 0.3) is 0 Å². The number of amides is 2. The number of cyclic esters (lactones) is 1. The second kappa shape index (κ2) is 9.54. The van der Waals surface area contributed by atoms with Gasteiger partial charge in [-0.15, -0.1) is 0 Å². The zero-order valence-electron chi connectivity index (χ0n) is 19.3. The summed E-state index contributed by atoms with van der Waals surface area (Å²) in [5, 5.41) is 5.05. The smallest absolute Gasteiger partial charge is 0.414 e. The molecule has 1 aromatic heterocycles. The van der Waals surface area contributed by atoms with Gasteiger partial charge in [0.15, 0.2) is 18.9 Å². The van der Waals surface area contributed by atoms with Crippen LogP contribution in [0, 0.1) is 5.82 Å². The molecule has 35 heavy (non-hydrogen) atoms. The number of rotatable bonds is 6. The number of carbonyl (C=O) groups is 2. The monoisotopic (exact) mass is 470 g/mol. The van der Waals surface area contributed by atoms with Crippen molar-refractivity contribution in [2.45, 2.75) is 19.6 Å². The molecule has 0 aliphatic carbocycles. The average Bonchev–Trinajstić information content (AvgIpc) is 3.24. The molecule has 1 aliphatic rings. The van der Waals surface area contributed by atoms with Crippen LogP contribution in [0.25, 0.3) is 21.9 Å². The van der Waals surface area contributed by atoms with Gasteiger partial charge < -0.3 is 10.1 Å². The first-order valence-corrected chi connectivity index (χ1v) is 11.5. The van der Waals surface area contributed by atoms with Crippen molar-refractivity contribution in [3.05, 3.63) is 96.6 Å². The number of ether oxygens (including phenoxy) is 1. The molecule has 3 aromatic carbocycles. The van der Waals surface area contributed by atoms with Crippen LogP contribution in [0.2, 0.25) is 0 Å². The summed E-state index contributed by atoms with van der Waals surface area (Å²) in [6.45, 7) is 2.58. The molecule has 1 atom stereocenters. The van der Waals surface area contributed by atoms with Crippen LogP contribution in [0.3, 0.4) is 0 Å². The van der Waals surface area contributed by atoms with Crippen molar-refractivity contribution in [1.29, 1.82) is 0 Å². The Labute approximate surface area is 202 Å². The quantitative estimate of drug-likeness (QED) is 0.424. The van der Waals surface area contributed by atoms with E-state index in [2.05, 4.69) is 40.2 Å². The number of benzene rings is 3. The number of aromatic nitrogens is 1. The summed E-state index contributed by atoms with van der Waals surface area (Å²) in [6, 6.07) is 23.1. The number of anilines is 1. The second-order valence-electron chi connectivity index (χ2n) is 8.62. The zero-order valence-corrected chi connectivity index (χ0v) is 19.3. The minimum Gasteiger partial charge on any atom is -0.442 e. The van der Waals surface area contributed by atoms with Crippen molar-refractivity contribution in [2.24, 2.45) is 0 Å². The Morgan fingerprint density at radius 2 is 1.86 bits per heavy atom. The standard InChI is InChI=1S/C28H24FN3O3/c1-19(33)30-16-24-18-32(28(34)35-24)23-9-10-26(27(29)15-23)21-11-13-31(14-12-21)17-22-7-4-6-20-5-2-3-8-25(20)22/h2-15,24H,16-18H2,1H3/p+1. The first-order valence-electron chi connectivity index (χ1n) is 11.5. The van der Waals surface area contributed by atoms with Gasteiger partial charge in [-0.1, -0.05) is 42.5 Å². The van der Waals surface area contributed by atoms with E-state index in [1.807, 2.05) is 36.7 Å². The maximum atomic E-state index is 15.0. The summed E-state index contributed by atoms with van der Waals surface area (Å²) in [6.07, 6.45) is 2.85. The molecule has 5 rings (SSSR count). The highest BCUT2D eigenvalue weighted by Crippen LogP contribution is 2.29. The highest BCUT2D eigenvalue weighted by Gasteiger charge is 2.32. The van der Waals surface area contributed by atoms with E-state index < -0.39 is 18.0 Å². The van der Waals surface area contributed by atoms with E-state index in [1.165, 1.54) is 34.2 Å². The number of fused-ring (bicyclic) bond motifs is 1. The fraction of sp³-hybridized carbons (Fsp3) is 0.179. The third-order valence-corrected chi connectivity index (χ3v) is 6.15. The van der Waals surface area contributed by atoms with Crippen molar-refractivity contribution < 1.29 is 23.3 Å². The van der Waals surface area contributed by atoms with Crippen molar-refractivity contribution >= 4 is 28.5 Å². The van der Waals surface area contributed by atoms with Crippen molar-refractivity contribution in [3.8, 4) is 11.1 Å². The first-order chi connectivity index (χ1) is 17.0. The predicted molar refractivity (Wildman–Crippen MR) is 131 cm³/mol. The van der Waals surface area contributed by atoms with E-state index in [0.717, 1.165) is 5.56 Å². The number of pyridine rings is 1. The van der Waals surface area contributed by atoms with Gasteiger partial charge >= 0.3 is 6.09 Å². The second-order valence-corrected chi connectivity index (χ2v) is 8.62. The highest BCUT2D eigenvalue weighted by atomic mass is 19.1. The lowest BCUT2D eigenvalue weighted by Gasteiger charge is -2.14. The third-order valence-electron chi connectivity index (χ3n) is 6.15. The van der Waals surface area contributed by atoms with E-state index in [-0.39, 0.29) is 19.0 Å². The van der Waals surface area contributed by atoms with Crippen LogP contribution in [0.4, 0.5) is 14.9 Å². The molecular formula is C28H25FN3O3+. The van der Waals surface area contributed by atoms with Crippen LogP contribution in [0.5, 0.6) is 0 Å². The number of carbonyl (C=O) groups excluding carboxylic acids is 2. The third kappa shape index (κ3) is 4.84. The lowest BCUT2D eigenvalue weighted by molar-refractivity contribution is -0.688. The average molecular weight is 471 g/mol. The van der Waals surface area contributed by atoms with Crippen LogP contribution in [-0.2, 0) is 16.1 Å². The number of nitrogens with one attached hydrogen (secondary N) is 1. The first kappa shape index (κ1) is 22.5. The molecule has 1 unspecified atom stereocenters. The molecule has 1 fully saturated rings. The van der Waals surface area contributed by atoms with Crippen LogP contribution in [0.15, 0.2) is 85.2 Å². The lowest BCUT2D eigenvalue weighted by atomic mass is 10.0. The Morgan fingerprint density at radius 3 is 2.63 bits per heavy atom. The molecule has 7 heteroatoms. The summed E-state index contributed by atoms with van der Waals surface area (Å²) in [5.74, 6) is -0.622. The molecule has 0 radical (unpaired) electrons. The van der Waals surface area contributed by atoms with Gasteiger partial charge in [-0.05, 0) is 34.5 Å². The van der Waals surface area contributed by atoms with Gasteiger partial charge in [0, 0.05) is 30.2 Å². The topological polar surface area (TPSA) is 62.5 Å². The highest BCUT2D eigenvalue weighted by molar-refractivity contribution is 5.90. The van der Waals surface area contributed by atoms with E-state index >= 15 is 4.39 Å². The molecule has 0 saturated carbocycles. The minimum atomic E-state index is -0.554. The SMILES string of the molecule is CC(=O)NCC1CN(c2ccc(-c3cc[n+](Cc4cccc5ccccc45)cc3)c(F)c2)C(=O)O1. The van der Waals surface area contributed by atoms with E-state index in [1.54, 1.807) is 12.1 Å². The number of hydrogen-bond acceptors (Lipinski definition) is 3. The van der Waals surface area contributed by atoms with Crippen molar-refractivity contribution in [3.63, 3.8) is 0 Å². The van der Waals surface area contributed by atoms with Gasteiger partial charge in [0.1, 0.15) is 11.9 Å². The Kier molecular flexibility index (Phi) is 6.14. The molecule has 1 saturated heterocycles. The Balaban J connectivity index is 1.31. The number of nitrogens with zero attached hydrogens (tertiary/aromatic N) is 2. The maximum absolute atomic E-state index is 15.0. The van der Waals surface area contributed by atoms with Gasteiger partial charge in [0.05, 0.1) is 18.8 Å². The van der Waals surface area contributed by atoms with Gasteiger partial charge in [0.2, 0.25) is 5.91 Å². The summed E-state index contributed by atoms with van der Waals surface area (Å²) in [4.78, 5) is 24.7. The van der Waals surface area contributed by atoms with Gasteiger partial charge in [-0.25, -0.2) is 13.8 Å². The van der Waals surface area contributed by atoms with Crippen LogP contribution >= 0.6 is 0 Å². The summed E-state index contributed by atoms with van der Waals surface area (Å²) in [5.41, 5.74) is 2.83. The summed E-state index contributed by atoms with van der Waals surface area (Å²) >= 11 is 0. The van der Waals surface area contributed by atoms with Gasteiger partial charge in [-0.2, -0.15) is 0 Å². The molecule has 2 heterocycles. The minimum absolute atomic E-state index is 0.198. The molecule has 0 bridgehead atoms. The Morgan fingerprint density at radius 1 is 1.09 bits per heavy atom. The molecule has 6 nitrogen and oxygen atoms in total. The largest absolute Gasteiger partial charge is 0.442 e. The predicted octanol–water partition coefficient (Wildman–Crippen LogP) is 4.44. The normalized spacial score (nSPS) is 15.3. The van der Waals surface area contributed by atoms with Gasteiger partial charge in [-0.3, -0.25) is 9.69 Å². The Hall–Kier alpha value is -4.26.